The second-order valence-electron chi connectivity index (χ2n) is 4.03. The number of carbonyl (C=O) groups excluding carboxylic acids is 1. The molecule has 2 aromatic rings. The lowest BCUT2D eigenvalue weighted by Gasteiger charge is -2.07. The lowest BCUT2D eigenvalue weighted by Crippen LogP contribution is -2.24. The van der Waals surface area contributed by atoms with Crippen LogP contribution in [0.2, 0.25) is 10.2 Å². The summed E-state index contributed by atoms with van der Waals surface area (Å²) in [6.45, 7) is 0.148. The summed E-state index contributed by atoms with van der Waals surface area (Å²) in [6.07, 6.45) is 1.24. The van der Waals surface area contributed by atoms with Crippen LogP contribution < -0.4 is 5.32 Å². The van der Waals surface area contributed by atoms with E-state index in [9.17, 15) is 14.9 Å². The van der Waals surface area contributed by atoms with Gasteiger partial charge >= 0.3 is 5.69 Å². The molecular weight excluding hydrogens is 317 g/mol. The van der Waals surface area contributed by atoms with E-state index >= 15 is 0 Å². The highest BCUT2D eigenvalue weighted by molar-refractivity contribution is 6.32. The number of aromatic nitrogens is 1. The molecular formula is C13H9Cl2N3O3. The van der Waals surface area contributed by atoms with E-state index in [0.29, 0.717) is 10.6 Å². The Balaban J connectivity index is 2.20. The Kier molecular flexibility index (Phi) is 4.72. The zero-order chi connectivity index (χ0) is 15.4. The predicted octanol–water partition coefficient (Wildman–Crippen LogP) is 3.23. The highest BCUT2D eigenvalue weighted by Crippen LogP contribution is 2.26. The molecule has 0 radical (unpaired) electrons. The standard InChI is InChI=1S/C13H9Cl2N3O3/c14-10-4-2-1-3-8(10)7-17-13(19)9-5-6-16-12(15)11(9)18(20)21/h1-6H,7H2,(H,17,19). The summed E-state index contributed by atoms with van der Waals surface area (Å²) >= 11 is 11.6. The van der Waals surface area contributed by atoms with E-state index in [0.717, 1.165) is 0 Å². The second-order valence-corrected chi connectivity index (χ2v) is 4.79. The number of pyridine rings is 1. The van der Waals surface area contributed by atoms with Crippen LogP contribution in [0.3, 0.4) is 0 Å². The number of rotatable bonds is 4. The number of carbonyl (C=O) groups is 1. The van der Waals surface area contributed by atoms with Crippen LogP contribution in [-0.4, -0.2) is 15.8 Å². The number of hydrogen-bond donors (Lipinski definition) is 1. The summed E-state index contributed by atoms with van der Waals surface area (Å²) < 4.78 is 0. The van der Waals surface area contributed by atoms with E-state index in [2.05, 4.69) is 10.3 Å². The molecule has 1 aromatic heterocycles. The molecule has 8 heteroatoms. The van der Waals surface area contributed by atoms with Crippen LogP contribution in [0.25, 0.3) is 0 Å². The summed E-state index contributed by atoms with van der Waals surface area (Å²) in [5.41, 5.74) is 0.0400. The minimum atomic E-state index is -0.736. The minimum absolute atomic E-state index is 0.146. The maximum Gasteiger partial charge on any atom is 0.319 e. The first-order valence-corrected chi connectivity index (χ1v) is 6.57. The molecule has 0 atom stereocenters. The molecule has 1 amide bonds. The molecule has 0 aliphatic carbocycles. The van der Waals surface area contributed by atoms with Crippen molar-refractivity contribution in [2.75, 3.05) is 0 Å². The van der Waals surface area contributed by atoms with Crippen molar-refractivity contribution in [1.82, 2.24) is 10.3 Å². The smallest absolute Gasteiger partial charge is 0.319 e. The Morgan fingerprint density at radius 1 is 1.29 bits per heavy atom. The first-order valence-electron chi connectivity index (χ1n) is 5.81. The van der Waals surface area contributed by atoms with Crippen molar-refractivity contribution in [3.8, 4) is 0 Å². The second kappa shape index (κ2) is 6.51. The summed E-state index contributed by atoms with van der Waals surface area (Å²) in [5.74, 6) is -0.620. The summed E-state index contributed by atoms with van der Waals surface area (Å²) in [5, 5.41) is 13.7. The quantitative estimate of drug-likeness (QED) is 0.531. The van der Waals surface area contributed by atoms with Crippen molar-refractivity contribution in [2.45, 2.75) is 6.54 Å². The van der Waals surface area contributed by atoms with Gasteiger partial charge in [-0.25, -0.2) is 4.98 Å². The summed E-state index contributed by atoms with van der Waals surface area (Å²) in [7, 11) is 0. The zero-order valence-electron chi connectivity index (χ0n) is 10.5. The van der Waals surface area contributed by atoms with Crippen LogP contribution in [0.4, 0.5) is 5.69 Å². The van der Waals surface area contributed by atoms with Gasteiger partial charge in [0.15, 0.2) is 0 Å². The molecule has 0 fully saturated rings. The maximum atomic E-state index is 12.1. The Bertz CT molecular complexity index is 707. The Hall–Kier alpha value is -2.18. The van der Waals surface area contributed by atoms with E-state index in [1.807, 2.05) is 0 Å². The number of halogens is 2. The van der Waals surface area contributed by atoms with E-state index in [1.165, 1.54) is 12.3 Å². The molecule has 1 N–H and O–H groups in total. The lowest BCUT2D eigenvalue weighted by atomic mass is 10.2. The van der Waals surface area contributed by atoms with Crippen molar-refractivity contribution >= 4 is 34.8 Å². The molecule has 0 aliphatic rings. The molecule has 0 spiro atoms. The van der Waals surface area contributed by atoms with Crippen LogP contribution in [0, 0.1) is 10.1 Å². The van der Waals surface area contributed by atoms with Gasteiger partial charge in [-0.1, -0.05) is 41.4 Å². The fourth-order valence-corrected chi connectivity index (χ4v) is 2.13. The van der Waals surface area contributed by atoms with E-state index in [-0.39, 0.29) is 17.3 Å². The van der Waals surface area contributed by atoms with Gasteiger partial charge in [0.2, 0.25) is 5.15 Å². The molecule has 108 valence electrons. The zero-order valence-corrected chi connectivity index (χ0v) is 12.1. The monoisotopic (exact) mass is 325 g/mol. The van der Waals surface area contributed by atoms with Gasteiger partial charge in [-0.05, 0) is 17.7 Å². The van der Waals surface area contributed by atoms with Gasteiger partial charge < -0.3 is 5.32 Å². The maximum absolute atomic E-state index is 12.1. The minimum Gasteiger partial charge on any atom is -0.348 e. The average molecular weight is 326 g/mol. The first kappa shape index (κ1) is 15.2. The third-order valence-electron chi connectivity index (χ3n) is 2.70. The number of benzene rings is 1. The van der Waals surface area contributed by atoms with E-state index in [4.69, 9.17) is 23.2 Å². The number of nitro groups is 1. The van der Waals surface area contributed by atoms with Crippen molar-refractivity contribution in [3.05, 3.63) is 67.9 Å². The van der Waals surface area contributed by atoms with Crippen molar-refractivity contribution < 1.29 is 9.72 Å². The van der Waals surface area contributed by atoms with Crippen LogP contribution in [0.5, 0.6) is 0 Å². The fraction of sp³-hybridized carbons (Fsp3) is 0.0769. The van der Waals surface area contributed by atoms with Gasteiger partial charge in [0.05, 0.1) is 4.92 Å². The molecule has 0 unspecified atom stereocenters. The van der Waals surface area contributed by atoms with Crippen LogP contribution in [0.15, 0.2) is 36.5 Å². The van der Waals surface area contributed by atoms with Crippen molar-refractivity contribution in [2.24, 2.45) is 0 Å². The molecule has 0 bridgehead atoms. The molecule has 0 saturated heterocycles. The van der Waals surface area contributed by atoms with E-state index in [1.54, 1.807) is 24.3 Å². The van der Waals surface area contributed by atoms with Crippen LogP contribution in [-0.2, 0) is 6.54 Å². The largest absolute Gasteiger partial charge is 0.348 e. The van der Waals surface area contributed by atoms with Crippen LogP contribution in [0.1, 0.15) is 15.9 Å². The van der Waals surface area contributed by atoms with Gasteiger partial charge in [-0.3, -0.25) is 14.9 Å². The lowest BCUT2D eigenvalue weighted by molar-refractivity contribution is -0.385. The van der Waals surface area contributed by atoms with Gasteiger partial charge in [0.1, 0.15) is 5.56 Å². The number of nitrogens with zero attached hydrogens (tertiary/aromatic N) is 2. The third-order valence-corrected chi connectivity index (χ3v) is 3.35. The Morgan fingerprint density at radius 3 is 2.67 bits per heavy atom. The topological polar surface area (TPSA) is 85.1 Å². The number of amides is 1. The van der Waals surface area contributed by atoms with Crippen LogP contribution >= 0.6 is 23.2 Å². The molecule has 0 aliphatic heterocycles. The van der Waals surface area contributed by atoms with Gasteiger partial charge in [0.25, 0.3) is 5.91 Å². The van der Waals surface area contributed by atoms with Gasteiger partial charge in [-0.15, -0.1) is 0 Å². The highest BCUT2D eigenvalue weighted by atomic mass is 35.5. The Labute approximate surface area is 129 Å². The SMILES string of the molecule is O=C(NCc1ccccc1Cl)c1ccnc(Cl)c1[N+](=O)[O-]. The van der Waals surface area contributed by atoms with E-state index < -0.39 is 16.5 Å². The summed E-state index contributed by atoms with van der Waals surface area (Å²) in [6, 6.07) is 8.22. The van der Waals surface area contributed by atoms with Gasteiger partial charge in [0, 0.05) is 17.8 Å². The normalized spacial score (nSPS) is 10.2. The molecule has 0 saturated carbocycles. The fourth-order valence-electron chi connectivity index (χ4n) is 1.70. The number of hydrogen-bond acceptors (Lipinski definition) is 4. The molecule has 21 heavy (non-hydrogen) atoms. The third kappa shape index (κ3) is 3.48. The Morgan fingerprint density at radius 2 is 2.00 bits per heavy atom. The molecule has 6 nitrogen and oxygen atoms in total. The first-order chi connectivity index (χ1) is 10.0. The van der Waals surface area contributed by atoms with Crippen molar-refractivity contribution in [1.29, 1.82) is 0 Å². The number of nitrogens with one attached hydrogen (secondary N) is 1. The van der Waals surface area contributed by atoms with Crippen molar-refractivity contribution in [3.63, 3.8) is 0 Å². The molecule has 1 heterocycles. The predicted molar refractivity (Wildman–Crippen MR) is 78.5 cm³/mol. The molecule has 2 rings (SSSR count). The van der Waals surface area contributed by atoms with Gasteiger partial charge in [-0.2, -0.15) is 0 Å². The highest BCUT2D eigenvalue weighted by Gasteiger charge is 2.24. The average Bonchev–Trinajstić information content (AvgIpc) is 2.45. The summed E-state index contributed by atoms with van der Waals surface area (Å²) in [4.78, 5) is 25.9. The molecule has 1 aromatic carbocycles.